The van der Waals surface area contributed by atoms with Gasteiger partial charge >= 0.3 is 0 Å². The number of nitrogens with zero attached hydrogens (tertiary/aromatic N) is 1. The molecular weight excluding hydrogens is 248 g/mol. The van der Waals surface area contributed by atoms with E-state index in [1.165, 1.54) is 0 Å². The summed E-state index contributed by atoms with van der Waals surface area (Å²) in [7, 11) is 0. The average Bonchev–Trinajstić information content (AvgIpc) is 2.37. The van der Waals surface area contributed by atoms with Crippen molar-refractivity contribution in [1.29, 1.82) is 5.26 Å². The number of nitrogens with one attached hydrogen (secondary N) is 1. The lowest BCUT2D eigenvalue weighted by Crippen LogP contribution is -2.08. The smallest absolute Gasteiger partial charge is 0.102 e. The number of rotatable bonds is 6. The first-order chi connectivity index (χ1) is 8.22. The summed E-state index contributed by atoms with van der Waals surface area (Å²) in [6, 6.07) is 8.23. The minimum Gasteiger partial charge on any atom is -0.384 e. The van der Waals surface area contributed by atoms with Crippen molar-refractivity contribution < 1.29 is 0 Å². The van der Waals surface area contributed by atoms with E-state index in [-0.39, 0.29) is 0 Å². The molecule has 92 valence electrons. The zero-order valence-corrected chi connectivity index (χ0v) is 12.1. The molecule has 0 radical (unpaired) electrons. The number of thioether (sulfide) groups is 2. The number of hydrogen-bond acceptors (Lipinski definition) is 4. The molecule has 0 saturated carbocycles. The van der Waals surface area contributed by atoms with Gasteiger partial charge in [0.25, 0.3) is 0 Å². The van der Waals surface area contributed by atoms with Gasteiger partial charge in [-0.1, -0.05) is 13.0 Å². The Morgan fingerprint density at radius 2 is 2.18 bits per heavy atom. The lowest BCUT2D eigenvalue weighted by atomic mass is 10.2. The molecule has 1 unspecified atom stereocenters. The molecule has 0 heterocycles. The maximum absolute atomic E-state index is 9.18. The molecule has 0 aliphatic rings. The number of benzene rings is 1. The van der Waals surface area contributed by atoms with Crippen LogP contribution in [0.5, 0.6) is 0 Å². The molecule has 0 bridgehead atoms. The van der Waals surface area contributed by atoms with Crippen LogP contribution in [0.25, 0.3) is 0 Å². The fraction of sp³-hybridized carbons (Fsp3) is 0.462. The van der Waals surface area contributed by atoms with E-state index in [1.54, 1.807) is 11.8 Å². The van der Waals surface area contributed by atoms with Gasteiger partial charge in [0.1, 0.15) is 6.07 Å². The third kappa shape index (κ3) is 4.18. The van der Waals surface area contributed by atoms with Gasteiger partial charge in [-0.3, -0.25) is 0 Å². The van der Waals surface area contributed by atoms with Crippen LogP contribution in [0.1, 0.15) is 18.9 Å². The van der Waals surface area contributed by atoms with E-state index >= 15 is 0 Å². The van der Waals surface area contributed by atoms with Crippen molar-refractivity contribution in [2.75, 3.05) is 24.4 Å². The second-order valence-electron chi connectivity index (χ2n) is 3.76. The van der Waals surface area contributed by atoms with Gasteiger partial charge in [0, 0.05) is 16.7 Å². The Bertz CT molecular complexity index is 399. The van der Waals surface area contributed by atoms with Crippen LogP contribution < -0.4 is 5.32 Å². The standard InChI is InChI=1S/C13H18N2S2/c1-10(16-2)7-8-15-12-5-4-6-13(17-3)11(12)9-14/h4-6,10,15H,7-8H2,1-3H3. The van der Waals surface area contributed by atoms with Crippen molar-refractivity contribution in [3.63, 3.8) is 0 Å². The van der Waals surface area contributed by atoms with Crippen LogP contribution >= 0.6 is 23.5 Å². The van der Waals surface area contributed by atoms with E-state index in [9.17, 15) is 5.26 Å². The monoisotopic (exact) mass is 266 g/mol. The summed E-state index contributed by atoms with van der Waals surface area (Å²) in [5, 5.41) is 13.2. The molecule has 0 aromatic heterocycles. The zero-order chi connectivity index (χ0) is 12.7. The molecule has 0 fully saturated rings. The van der Waals surface area contributed by atoms with Crippen molar-refractivity contribution >= 4 is 29.2 Å². The van der Waals surface area contributed by atoms with Gasteiger partial charge < -0.3 is 5.32 Å². The third-order valence-corrected chi connectivity index (χ3v) is 4.45. The van der Waals surface area contributed by atoms with Gasteiger partial charge in [-0.2, -0.15) is 17.0 Å². The molecule has 0 aliphatic carbocycles. The lowest BCUT2D eigenvalue weighted by molar-refractivity contribution is 0.853. The Hall–Kier alpha value is -0.790. The van der Waals surface area contributed by atoms with Crippen LogP contribution in [0.4, 0.5) is 5.69 Å². The summed E-state index contributed by atoms with van der Waals surface area (Å²) in [6.07, 6.45) is 5.23. The van der Waals surface area contributed by atoms with Crippen molar-refractivity contribution in [3.05, 3.63) is 23.8 Å². The van der Waals surface area contributed by atoms with E-state index in [2.05, 4.69) is 24.6 Å². The summed E-state index contributed by atoms with van der Waals surface area (Å²) < 4.78 is 0. The molecule has 1 N–H and O–H groups in total. The molecule has 17 heavy (non-hydrogen) atoms. The molecule has 0 saturated heterocycles. The molecule has 0 spiro atoms. The Labute approximate surface area is 112 Å². The van der Waals surface area contributed by atoms with Gasteiger partial charge in [-0.15, -0.1) is 11.8 Å². The normalized spacial score (nSPS) is 11.9. The summed E-state index contributed by atoms with van der Waals surface area (Å²) in [5.74, 6) is 0. The van der Waals surface area contributed by atoms with Crippen LogP contribution in [-0.2, 0) is 0 Å². The molecule has 1 atom stereocenters. The van der Waals surface area contributed by atoms with Gasteiger partial charge in [0.15, 0.2) is 0 Å². The van der Waals surface area contributed by atoms with Gasteiger partial charge in [-0.25, -0.2) is 0 Å². The molecule has 1 aromatic carbocycles. The maximum Gasteiger partial charge on any atom is 0.102 e. The highest BCUT2D eigenvalue weighted by Crippen LogP contribution is 2.26. The van der Waals surface area contributed by atoms with E-state index in [4.69, 9.17) is 0 Å². The number of anilines is 1. The summed E-state index contributed by atoms with van der Waals surface area (Å²) in [6.45, 7) is 3.13. The van der Waals surface area contributed by atoms with Crippen molar-refractivity contribution in [2.45, 2.75) is 23.5 Å². The highest BCUT2D eigenvalue weighted by atomic mass is 32.2. The first-order valence-corrected chi connectivity index (χ1v) is 8.08. The first kappa shape index (κ1) is 14.3. The highest BCUT2D eigenvalue weighted by molar-refractivity contribution is 7.99. The predicted molar refractivity (Wildman–Crippen MR) is 79.0 cm³/mol. The minimum absolute atomic E-state index is 0.650. The Balaban J connectivity index is 2.68. The fourth-order valence-electron chi connectivity index (χ4n) is 1.49. The summed E-state index contributed by atoms with van der Waals surface area (Å²) >= 11 is 3.48. The fourth-order valence-corrected chi connectivity index (χ4v) is 2.42. The first-order valence-electron chi connectivity index (χ1n) is 5.56. The van der Waals surface area contributed by atoms with E-state index < -0.39 is 0 Å². The molecular formula is C13H18N2S2. The van der Waals surface area contributed by atoms with Crippen LogP contribution in [-0.4, -0.2) is 24.3 Å². The number of nitriles is 1. The van der Waals surface area contributed by atoms with E-state index in [0.717, 1.165) is 29.1 Å². The van der Waals surface area contributed by atoms with Crippen molar-refractivity contribution in [1.82, 2.24) is 0 Å². The van der Waals surface area contributed by atoms with Crippen LogP contribution in [0.2, 0.25) is 0 Å². The maximum atomic E-state index is 9.18. The van der Waals surface area contributed by atoms with Crippen LogP contribution in [0, 0.1) is 11.3 Å². The Morgan fingerprint density at radius 1 is 1.41 bits per heavy atom. The molecule has 1 aromatic rings. The molecule has 0 amide bonds. The van der Waals surface area contributed by atoms with Gasteiger partial charge in [0.2, 0.25) is 0 Å². The molecule has 0 aliphatic heterocycles. The molecule has 4 heteroatoms. The molecule has 1 rings (SSSR count). The van der Waals surface area contributed by atoms with Crippen LogP contribution in [0.3, 0.4) is 0 Å². The van der Waals surface area contributed by atoms with E-state index in [1.807, 2.05) is 36.2 Å². The van der Waals surface area contributed by atoms with Crippen LogP contribution in [0.15, 0.2) is 23.1 Å². The molecule has 2 nitrogen and oxygen atoms in total. The average molecular weight is 266 g/mol. The zero-order valence-electron chi connectivity index (χ0n) is 10.5. The minimum atomic E-state index is 0.650. The quantitative estimate of drug-likeness (QED) is 0.794. The van der Waals surface area contributed by atoms with Crippen molar-refractivity contribution in [2.24, 2.45) is 0 Å². The lowest BCUT2D eigenvalue weighted by Gasteiger charge is -2.12. The van der Waals surface area contributed by atoms with Gasteiger partial charge in [0.05, 0.1) is 11.3 Å². The SMILES string of the molecule is CSc1cccc(NCCC(C)SC)c1C#N. The summed E-state index contributed by atoms with van der Waals surface area (Å²) in [5.41, 5.74) is 1.71. The second kappa shape index (κ2) is 7.52. The highest BCUT2D eigenvalue weighted by Gasteiger charge is 2.07. The van der Waals surface area contributed by atoms with Gasteiger partial charge in [-0.05, 0) is 31.1 Å². The van der Waals surface area contributed by atoms with E-state index in [0.29, 0.717) is 5.25 Å². The largest absolute Gasteiger partial charge is 0.384 e. The number of hydrogen-bond donors (Lipinski definition) is 1. The predicted octanol–water partition coefficient (Wildman–Crippen LogP) is 3.83. The van der Waals surface area contributed by atoms with Crippen molar-refractivity contribution in [3.8, 4) is 6.07 Å². The Morgan fingerprint density at radius 3 is 2.76 bits per heavy atom. The summed E-state index contributed by atoms with van der Waals surface area (Å²) in [4.78, 5) is 1.04. The third-order valence-electron chi connectivity index (χ3n) is 2.63. The topological polar surface area (TPSA) is 35.8 Å². The second-order valence-corrected chi connectivity index (χ2v) is 5.88. The Kier molecular flexibility index (Phi) is 6.31.